The normalized spacial score (nSPS) is 22.1. The zero-order chi connectivity index (χ0) is 15.3. The van der Waals surface area contributed by atoms with Gasteiger partial charge in [0.1, 0.15) is 0 Å². The number of methoxy groups -OCH3 is 1. The molecule has 5 heteroatoms. The van der Waals surface area contributed by atoms with Crippen molar-refractivity contribution < 1.29 is 14.3 Å². The molecule has 0 aromatic heterocycles. The summed E-state index contributed by atoms with van der Waals surface area (Å²) in [6.07, 6.45) is 0.891. The van der Waals surface area contributed by atoms with Gasteiger partial charge in [0.25, 0.3) is 0 Å². The molecule has 0 spiro atoms. The fraction of sp³-hybridized carbons (Fsp3) is 0.562. The van der Waals surface area contributed by atoms with Crippen molar-refractivity contribution in [2.75, 3.05) is 32.1 Å². The minimum atomic E-state index is -0.238. The number of anilines is 1. The Labute approximate surface area is 126 Å². The van der Waals surface area contributed by atoms with Crippen LogP contribution in [-0.2, 0) is 16.1 Å². The van der Waals surface area contributed by atoms with Crippen LogP contribution in [0, 0.1) is 0 Å². The van der Waals surface area contributed by atoms with Gasteiger partial charge < -0.3 is 19.7 Å². The van der Waals surface area contributed by atoms with Crippen molar-refractivity contribution in [1.29, 1.82) is 0 Å². The topological polar surface area (TPSA) is 50.8 Å². The first-order chi connectivity index (χ1) is 10.1. The number of rotatable bonds is 4. The average Bonchev–Trinajstić information content (AvgIpc) is 2.49. The van der Waals surface area contributed by atoms with E-state index in [0.29, 0.717) is 26.3 Å². The summed E-state index contributed by atoms with van der Waals surface area (Å²) in [6, 6.07) is 7.62. The molecule has 0 aliphatic carbocycles. The van der Waals surface area contributed by atoms with Crippen LogP contribution >= 0.6 is 0 Å². The lowest BCUT2D eigenvalue weighted by molar-refractivity contribution is -0.0860. The van der Waals surface area contributed by atoms with Crippen molar-refractivity contribution >= 4 is 11.7 Å². The molecule has 1 aromatic rings. The lowest BCUT2D eigenvalue weighted by Crippen LogP contribution is -2.53. The number of nitrogens with one attached hydrogen (secondary N) is 1. The molecule has 1 atom stereocenters. The average molecular weight is 292 g/mol. The SMILES string of the molecule is CCC1(C)CN(C(=O)Nc2ccc(COC)cc2)CCO1. The Morgan fingerprint density at radius 1 is 1.43 bits per heavy atom. The van der Waals surface area contributed by atoms with E-state index in [1.165, 1.54) is 0 Å². The molecule has 2 rings (SSSR count). The highest BCUT2D eigenvalue weighted by molar-refractivity contribution is 5.89. The van der Waals surface area contributed by atoms with Crippen LogP contribution in [0.4, 0.5) is 10.5 Å². The second-order valence-corrected chi connectivity index (χ2v) is 5.63. The Morgan fingerprint density at radius 3 is 2.76 bits per heavy atom. The van der Waals surface area contributed by atoms with Crippen LogP contribution in [0.25, 0.3) is 0 Å². The highest BCUT2D eigenvalue weighted by Crippen LogP contribution is 2.21. The zero-order valence-electron chi connectivity index (χ0n) is 13.0. The number of hydrogen-bond donors (Lipinski definition) is 1. The van der Waals surface area contributed by atoms with Gasteiger partial charge in [0, 0.05) is 19.3 Å². The van der Waals surface area contributed by atoms with Crippen molar-refractivity contribution in [2.24, 2.45) is 0 Å². The number of hydrogen-bond acceptors (Lipinski definition) is 3. The number of nitrogens with zero attached hydrogens (tertiary/aromatic N) is 1. The number of benzene rings is 1. The van der Waals surface area contributed by atoms with Gasteiger partial charge in [0.15, 0.2) is 0 Å². The molecule has 21 heavy (non-hydrogen) atoms. The summed E-state index contributed by atoms with van der Waals surface area (Å²) >= 11 is 0. The van der Waals surface area contributed by atoms with Crippen LogP contribution in [-0.4, -0.2) is 43.3 Å². The summed E-state index contributed by atoms with van der Waals surface area (Å²) in [5, 5.41) is 2.93. The highest BCUT2D eigenvalue weighted by Gasteiger charge is 2.32. The molecule has 1 aliphatic rings. The van der Waals surface area contributed by atoms with Gasteiger partial charge >= 0.3 is 6.03 Å². The van der Waals surface area contributed by atoms with Crippen molar-refractivity contribution in [2.45, 2.75) is 32.5 Å². The Bertz CT molecular complexity index is 475. The highest BCUT2D eigenvalue weighted by atomic mass is 16.5. The van der Waals surface area contributed by atoms with E-state index in [4.69, 9.17) is 9.47 Å². The van der Waals surface area contributed by atoms with E-state index >= 15 is 0 Å². The fourth-order valence-corrected chi connectivity index (χ4v) is 2.37. The van der Waals surface area contributed by atoms with Crippen LogP contribution in [0.2, 0.25) is 0 Å². The monoisotopic (exact) mass is 292 g/mol. The summed E-state index contributed by atoms with van der Waals surface area (Å²) in [6.45, 7) is 6.54. The molecule has 0 saturated carbocycles. The quantitative estimate of drug-likeness (QED) is 0.928. The van der Waals surface area contributed by atoms with Gasteiger partial charge in [-0.05, 0) is 31.0 Å². The predicted molar refractivity (Wildman–Crippen MR) is 82.4 cm³/mol. The molecule has 1 saturated heterocycles. The van der Waals surface area contributed by atoms with E-state index < -0.39 is 0 Å². The molecule has 1 N–H and O–H groups in total. The maximum atomic E-state index is 12.3. The summed E-state index contributed by atoms with van der Waals surface area (Å²) in [5.41, 5.74) is 1.64. The first kappa shape index (κ1) is 15.8. The van der Waals surface area contributed by atoms with Gasteiger partial charge in [-0.3, -0.25) is 0 Å². The molecule has 0 bridgehead atoms. The Morgan fingerprint density at radius 2 is 2.14 bits per heavy atom. The van der Waals surface area contributed by atoms with Gasteiger partial charge in [-0.25, -0.2) is 4.79 Å². The minimum Gasteiger partial charge on any atom is -0.380 e. The van der Waals surface area contributed by atoms with Crippen molar-refractivity contribution in [3.05, 3.63) is 29.8 Å². The number of carbonyl (C=O) groups is 1. The molecule has 0 radical (unpaired) electrons. The smallest absolute Gasteiger partial charge is 0.322 e. The van der Waals surface area contributed by atoms with Crippen LogP contribution in [0.15, 0.2) is 24.3 Å². The third-order valence-electron chi connectivity index (χ3n) is 3.89. The second-order valence-electron chi connectivity index (χ2n) is 5.63. The minimum absolute atomic E-state index is 0.0718. The maximum Gasteiger partial charge on any atom is 0.322 e. The number of carbonyl (C=O) groups excluding carboxylic acids is 1. The lowest BCUT2D eigenvalue weighted by atomic mass is 10.0. The zero-order valence-corrected chi connectivity index (χ0v) is 13.0. The molecular formula is C16H24N2O3. The second kappa shape index (κ2) is 6.91. The molecule has 1 aliphatic heterocycles. The van der Waals surface area contributed by atoms with Gasteiger partial charge in [-0.1, -0.05) is 19.1 Å². The first-order valence-corrected chi connectivity index (χ1v) is 7.34. The molecule has 1 aromatic carbocycles. The van der Waals surface area contributed by atoms with E-state index in [-0.39, 0.29) is 11.6 Å². The first-order valence-electron chi connectivity index (χ1n) is 7.34. The molecular weight excluding hydrogens is 268 g/mol. The predicted octanol–water partition coefficient (Wildman–Crippen LogP) is 2.87. The molecule has 116 valence electrons. The van der Waals surface area contributed by atoms with E-state index in [2.05, 4.69) is 12.2 Å². The van der Waals surface area contributed by atoms with E-state index in [1.54, 1.807) is 7.11 Å². The Hall–Kier alpha value is -1.59. The molecule has 5 nitrogen and oxygen atoms in total. The van der Waals surface area contributed by atoms with E-state index in [9.17, 15) is 4.79 Å². The molecule has 1 unspecified atom stereocenters. The summed E-state index contributed by atoms with van der Waals surface area (Å²) in [7, 11) is 1.67. The van der Waals surface area contributed by atoms with Crippen molar-refractivity contribution in [3.8, 4) is 0 Å². The van der Waals surface area contributed by atoms with E-state index in [1.807, 2.05) is 36.1 Å². The van der Waals surface area contributed by atoms with Crippen LogP contribution in [0.3, 0.4) is 0 Å². The van der Waals surface area contributed by atoms with Gasteiger partial charge in [0.05, 0.1) is 25.4 Å². The van der Waals surface area contributed by atoms with Gasteiger partial charge in [-0.15, -0.1) is 0 Å². The Balaban J connectivity index is 1.94. The largest absolute Gasteiger partial charge is 0.380 e. The third kappa shape index (κ3) is 4.19. The maximum absolute atomic E-state index is 12.3. The lowest BCUT2D eigenvalue weighted by Gasteiger charge is -2.39. The van der Waals surface area contributed by atoms with Crippen molar-refractivity contribution in [1.82, 2.24) is 4.90 Å². The van der Waals surface area contributed by atoms with Crippen LogP contribution in [0.1, 0.15) is 25.8 Å². The van der Waals surface area contributed by atoms with E-state index in [0.717, 1.165) is 17.7 Å². The van der Waals surface area contributed by atoms with Crippen molar-refractivity contribution in [3.63, 3.8) is 0 Å². The van der Waals surface area contributed by atoms with Gasteiger partial charge in [-0.2, -0.15) is 0 Å². The summed E-state index contributed by atoms with van der Waals surface area (Å²) in [4.78, 5) is 14.1. The summed E-state index contributed by atoms with van der Waals surface area (Å²) in [5.74, 6) is 0. The standard InChI is InChI=1S/C16H24N2O3/c1-4-16(2)12-18(9-10-21-16)15(19)17-14-7-5-13(6-8-14)11-20-3/h5-8H,4,9-12H2,1-3H3,(H,17,19). The summed E-state index contributed by atoms with van der Waals surface area (Å²) < 4.78 is 10.8. The Kier molecular flexibility index (Phi) is 5.20. The van der Waals surface area contributed by atoms with Crippen LogP contribution in [0.5, 0.6) is 0 Å². The third-order valence-corrected chi connectivity index (χ3v) is 3.89. The number of amides is 2. The molecule has 1 heterocycles. The number of ether oxygens (including phenoxy) is 2. The number of urea groups is 1. The molecule has 1 fully saturated rings. The van der Waals surface area contributed by atoms with Crippen LogP contribution < -0.4 is 5.32 Å². The molecule has 2 amide bonds. The van der Waals surface area contributed by atoms with Gasteiger partial charge in [0.2, 0.25) is 0 Å². The fourth-order valence-electron chi connectivity index (χ4n) is 2.37. The number of morpholine rings is 1.